The molecule has 2 N–H and O–H groups in total. The van der Waals surface area contributed by atoms with Crippen molar-refractivity contribution in [1.82, 2.24) is 15.2 Å². The number of benzene rings is 2. The van der Waals surface area contributed by atoms with E-state index in [1.807, 2.05) is 25.3 Å². The van der Waals surface area contributed by atoms with Crippen molar-refractivity contribution < 1.29 is 31.5 Å². The summed E-state index contributed by atoms with van der Waals surface area (Å²) in [6.45, 7) is 2.69. The molecule has 3 aromatic rings. The third-order valence-electron chi connectivity index (χ3n) is 8.21. The van der Waals surface area contributed by atoms with Gasteiger partial charge >= 0.3 is 6.18 Å². The Bertz CT molecular complexity index is 1340. The van der Waals surface area contributed by atoms with Crippen LogP contribution in [0.1, 0.15) is 65.2 Å². The predicted octanol–water partition coefficient (Wildman–Crippen LogP) is 6.92. The first-order valence-corrected chi connectivity index (χ1v) is 13.1. The Morgan fingerprint density at radius 3 is 2.54 bits per heavy atom. The summed E-state index contributed by atoms with van der Waals surface area (Å²) in [5, 5.41) is 3.35. The van der Waals surface area contributed by atoms with Crippen LogP contribution in [0.5, 0.6) is 5.75 Å². The van der Waals surface area contributed by atoms with Gasteiger partial charge in [-0.1, -0.05) is 12.1 Å². The number of H-pyrrole nitrogens is 1. The second-order valence-corrected chi connectivity index (χ2v) is 11.0. The zero-order chi connectivity index (χ0) is 28.0. The van der Waals surface area contributed by atoms with Crippen molar-refractivity contribution in [1.29, 1.82) is 0 Å². The number of hydrogen-bond acceptors (Lipinski definition) is 3. The molecule has 2 fully saturated rings. The summed E-state index contributed by atoms with van der Waals surface area (Å²) < 4.78 is 71.0. The molecule has 5 rings (SSSR count). The molecular formula is C29H32F5N3O2. The van der Waals surface area contributed by atoms with E-state index < -0.39 is 36.4 Å². The van der Waals surface area contributed by atoms with Gasteiger partial charge in [-0.05, 0) is 67.1 Å². The zero-order valence-electron chi connectivity index (χ0n) is 21.9. The minimum atomic E-state index is -4.35. The fraction of sp³-hybridized carbons (Fsp3) is 0.483. The molecule has 1 spiro atoms. The molecule has 10 heteroatoms. The fourth-order valence-corrected chi connectivity index (χ4v) is 6.32. The quantitative estimate of drug-likeness (QED) is 0.315. The van der Waals surface area contributed by atoms with Crippen LogP contribution in [0.2, 0.25) is 0 Å². The van der Waals surface area contributed by atoms with Crippen LogP contribution in [0, 0.1) is 12.3 Å². The number of amides is 1. The predicted molar refractivity (Wildman–Crippen MR) is 138 cm³/mol. The molecule has 1 amide bonds. The lowest BCUT2D eigenvalue weighted by Gasteiger charge is -2.54. The molecule has 39 heavy (non-hydrogen) atoms. The molecule has 1 aromatic heterocycles. The van der Waals surface area contributed by atoms with Gasteiger partial charge < -0.3 is 15.0 Å². The van der Waals surface area contributed by atoms with Crippen LogP contribution < -0.4 is 10.1 Å². The number of hydrogen-bond donors (Lipinski definition) is 2. The van der Waals surface area contributed by atoms with E-state index in [1.165, 1.54) is 0 Å². The molecule has 0 bridgehead atoms. The molecule has 2 aliphatic rings. The van der Waals surface area contributed by atoms with Gasteiger partial charge in [-0.2, -0.15) is 13.2 Å². The number of aromatic amines is 1. The maximum Gasteiger partial charge on any atom is 0.390 e. The number of methoxy groups -OCH3 is 1. The number of rotatable bonds is 7. The first-order valence-electron chi connectivity index (χ1n) is 13.1. The maximum atomic E-state index is 14.0. The molecule has 1 atom stereocenters. The van der Waals surface area contributed by atoms with E-state index in [0.717, 1.165) is 33.3 Å². The first kappa shape index (κ1) is 27.4. The first-order chi connectivity index (χ1) is 18.4. The van der Waals surface area contributed by atoms with Crippen molar-refractivity contribution in [3.63, 3.8) is 0 Å². The Morgan fingerprint density at radius 1 is 1.18 bits per heavy atom. The van der Waals surface area contributed by atoms with E-state index in [-0.39, 0.29) is 24.4 Å². The maximum absolute atomic E-state index is 14.0. The Hall–Kier alpha value is -3.14. The molecule has 1 saturated heterocycles. The third-order valence-corrected chi connectivity index (χ3v) is 8.21. The van der Waals surface area contributed by atoms with E-state index in [1.54, 1.807) is 31.4 Å². The van der Waals surface area contributed by atoms with Crippen LogP contribution >= 0.6 is 0 Å². The van der Waals surface area contributed by atoms with Crippen LogP contribution in [0.3, 0.4) is 0 Å². The van der Waals surface area contributed by atoms with Crippen LogP contribution in [0.4, 0.5) is 22.0 Å². The molecule has 5 nitrogen and oxygen atoms in total. The number of fused-ring (bicyclic) bond motifs is 1. The van der Waals surface area contributed by atoms with Gasteiger partial charge in [-0.15, -0.1) is 0 Å². The Labute approximate surface area is 223 Å². The summed E-state index contributed by atoms with van der Waals surface area (Å²) in [6.07, 6.45) is -2.58. The van der Waals surface area contributed by atoms with Crippen molar-refractivity contribution in [2.75, 3.05) is 20.2 Å². The zero-order valence-corrected chi connectivity index (χ0v) is 21.9. The average Bonchev–Trinajstić information content (AvgIpc) is 3.35. The van der Waals surface area contributed by atoms with E-state index in [2.05, 4.69) is 15.2 Å². The second kappa shape index (κ2) is 10.1. The number of piperidine rings is 1. The topological polar surface area (TPSA) is 57.4 Å². The van der Waals surface area contributed by atoms with E-state index in [9.17, 15) is 26.7 Å². The standard InChI is InChI=1S/C29H32F5N3O2/c1-18-13-24(39-2)22(21-7-10-35-25(18)21)15-37-12-9-27(16-28(30,31)17-27)14-23(37)19-3-5-20(6-4-19)26(38)36-11-8-29(32,33)34/h3-7,10,13,23,35H,8-9,11-12,14-17H2,1-2H3,(H,36,38)/t23-/m1/s1. The molecule has 1 aliphatic heterocycles. The van der Waals surface area contributed by atoms with Gasteiger partial charge in [0.25, 0.3) is 5.91 Å². The van der Waals surface area contributed by atoms with Crippen molar-refractivity contribution in [2.45, 2.75) is 63.7 Å². The van der Waals surface area contributed by atoms with Crippen LogP contribution in [-0.4, -0.2) is 48.1 Å². The van der Waals surface area contributed by atoms with Gasteiger partial charge in [-0.3, -0.25) is 9.69 Å². The number of alkyl halides is 5. The number of halogens is 5. The smallest absolute Gasteiger partial charge is 0.390 e. The van der Waals surface area contributed by atoms with Crippen molar-refractivity contribution in [2.24, 2.45) is 5.41 Å². The summed E-state index contributed by atoms with van der Waals surface area (Å²) >= 11 is 0. The highest BCUT2D eigenvalue weighted by molar-refractivity contribution is 5.94. The molecule has 210 valence electrons. The number of carbonyl (C=O) groups excluding carboxylic acids is 1. The van der Waals surface area contributed by atoms with E-state index >= 15 is 0 Å². The number of carbonyl (C=O) groups is 1. The van der Waals surface area contributed by atoms with E-state index in [0.29, 0.717) is 25.9 Å². The molecule has 2 heterocycles. The Morgan fingerprint density at radius 2 is 1.90 bits per heavy atom. The van der Waals surface area contributed by atoms with Crippen molar-refractivity contribution in [3.8, 4) is 5.75 Å². The van der Waals surface area contributed by atoms with Gasteiger partial charge in [0.05, 0.1) is 13.5 Å². The van der Waals surface area contributed by atoms with Crippen LogP contribution in [0.25, 0.3) is 10.9 Å². The number of ether oxygens (including phenoxy) is 1. The van der Waals surface area contributed by atoms with Gasteiger partial charge in [0, 0.05) is 60.2 Å². The molecular weight excluding hydrogens is 517 g/mol. The average molecular weight is 550 g/mol. The van der Waals surface area contributed by atoms with Crippen molar-refractivity contribution >= 4 is 16.8 Å². The largest absolute Gasteiger partial charge is 0.496 e. The summed E-state index contributed by atoms with van der Waals surface area (Å²) in [6, 6.07) is 10.6. The van der Waals surface area contributed by atoms with Gasteiger partial charge in [0.15, 0.2) is 0 Å². The van der Waals surface area contributed by atoms with Crippen LogP contribution in [-0.2, 0) is 6.54 Å². The van der Waals surface area contributed by atoms with Gasteiger partial charge in [-0.25, -0.2) is 8.78 Å². The summed E-state index contributed by atoms with van der Waals surface area (Å²) in [5.74, 6) is -2.46. The minimum absolute atomic E-state index is 0.125. The Balaban J connectivity index is 1.40. The second-order valence-electron chi connectivity index (χ2n) is 11.0. The van der Waals surface area contributed by atoms with Gasteiger partial charge in [0.2, 0.25) is 5.92 Å². The Kier molecular flexibility index (Phi) is 7.11. The van der Waals surface area contributed by atoms with Crippen LogP contribution in [0.15, 0.2) is 42.6 Å². The molecule has 2 aromatic carbocycles. The normalized spacial score (nSPS) is 20.6. The fourth-order valence-electron chi connectivity index (χ4n) is 6.32. The molecule has 1 aliphatic carbocycles. The lowest BCUT2D eigenvalue weighted by molar-refractivity contribution is -0.186. The molecule has 1 saturated carbocycles. The molecule has 0 unspecified atom stereocenters. The highest BCUT2D eigenvalue weighted by Gasteiger charge is 2.58. The highest BCUT2D eigenvalue weighted by Crippen LogP contribution is 2.60. The number of nitrogens with zero attached hydrogens (tertiary/aromatic N) is 1. The lowest BCUT2D eigenvalue weighted by atomic mass is 9.59. The summed E-state index contributed by atoms with van der Waals surface area (Å²) in [7, 11) is 1.63. The number of aryl methyl sites for hydroxylation is 1. The monoisotopic (exact) mass is 549 g/mol. The SMILES string of the molecule is COc1cc(C)c2[nH]ccc2c1CN1CCC2(C[C@@H]1c1ccc(C(=O)NCCC(F)(F)F)cc1)CC(F)(F)C2. The summed E-state index contributed by atoms with van der Waals surface area (Å²) in [5.41, 5.74) is 3.80. The number of likely N-dealkylation sites (tertiary alicyclic amines) is 1. The lowest BCUT2D eigenvalue weighted by Crippen LogP contribution is -2.53. The highest BCUT2D eigenvalue weighted by atomic mass is 19.4. The molecule has 0 radical (unpaired) electrons. The number of nitrogens with one attached hydrogen (secondary N) is 2. The van der Waals surface area contributed by atoms with Gasteiger partial charge in [0.1, 0.15) is 5.75 Å². The minimum Gasteiger partial charge on any atom is -0.496 e. The van der Waals surface area contributed by atoms with Crippen molar-refractivity contribution in [3.05, 3.63) is 64.8 Å². The summed E-state index contributed by atoms with van der Waals surface area (Å²) in [4.78, 5) is 17.9. The van der Waals surface area contributed by atoms with E-state index in [4.69, 9.17) is 4.74 Å². The third kappa shape index (κ3) is 5.76. The number of aromatic nitrogens is 1.